The average Bonchev–Trinajstić information content (AvgIpc) is 3.06. The zero-order valence-corrected chi connectivity index (χ0v) is 15.4. The van der Waals surface area contributed by atoms with Crippen LogP contribution in [0, 0.1) is 11.6 Å². The van der Waals surface area contributed by atoms with Gasteiger partial charge in [0.2, 0.25) is 5.91 Å². The highest BCUT2D eigenvalue weighted by molar-refractivity contribution is 6.03. The molecule has 3 aromatic carbocycles. The number of halogens is 2. The molecule has 1 aliphatic rings. The molecule has 146 valence electrons. The Labute approximate surface area is 166 Å². The Balaban J connectivity index is 1.65. The van der Waals surface area contributed by atoms with E-state index in [0.717, 1.165) is 29.3 Å². The van der Waals surface area contributed by atoms with E-state index in [1.54, 1.807) is 12.1 Å². The van der Waals surface area contributed by atoms with E-state index in [4.69, 9.17) is 0 Å². The van der Waals surface area contributed by atoms with Crippen LogP contribution >= 0.6 is 0 Å². The highest BCUT2D eigenvalue weighted by Gasteiger charge is 2.36. The number of amides is 2. The molecular weight excluding hydrogens is 374 g/mol. The fourth-order valence-corrected chi connectivity index (χ4v) is 3.52. The van der Waals surface area contributed by atoms with Crippen LogP contribution < -0.4 is 5.32 Å². The molecule has 3 aromatic rings. The number of nitrogens with zero attached hydrogens (tertiary/aromatic N) is 1. The molecule has 0 bridgehead atoms. The Hall–Kier alpha value is -3.54. The lowest BCUT2D eigenvalue weighted by atomic mass is 10.0. The van der Waals surface area contributed by atoms with Crippen LogP contribution in [-0.2, 0) is 17.8 Å². The van der Waals surface area contributed by atoms with Gasteiger partial charge in [0, 0.05) is 24.6 Å². The topological polar surface area (TPSA) is 49.4 Å². The van der Waals surface area contributed by atoms with E-state index in [1.807, 2.05) is 42.5 Å². The van der Waals surface area contributed by atoms with E-state index in [2.05, 4.69) is 5.32 Å². The lowest BCUT2D eigenvalue weighted by molar-refractivity contribution is -0.120. The van der Waals surface area contributed by atoms with Gasteiger partial charge in [-0.1, -0.05) is 48.5 Å². The summed E-state index contributed by atoms with van der Waals surface area (Å²) in [5.41, 5.74) is 1.99. The number of carbonyl (C=O) groups is 2. The van der Waals surface area contributed by atoms with E-state index >= 15 is 0 Å². The monoisotopic (exact) mass is 392 g/mol. The molecular formula is C23H18F2N2O2. The molecule has 0 aliphatic carbocycles. The van der Waals surface area contributed by atoms with Crippen molar-refractivity contribution in [2.75, 3.05) is 5.32 Å². The maximum Gasteiger partial charge on any atom is 0.255 e. The molecule has 29 heavy (non-hydrogen) atoms. The summed E-state index contributed by atoms with van der Waals surface area (Å²) < 4.78 is 27.5. The Morgan fingerprint density at radius 2 is 1.72 bits per heavy atom. The minimum absolute atomic E-state index is 0.253. The van der Waals surface area contributed by atoms with Crippen LogP contribution in [0.3, 0.4) is 0 Å². The number of rotatable bonds is 5. The normalized spacial score (nSPS) is 13.9. The van der Waals surface area contributed by atoms with E-state index in [1.165, 1.54) is 4.90 Å². The Kier molecular flexibility index (Phi) is 5.08. The summed E-state index contributed by atoms with van der Waals surface area (Å²) in [7, 11) is 0. The van der Waals surface area contributed by atoms with Crippen molar-refractivity contribution in [2.24, 2.45) is 0 Å². The fraction of sp³-hybridized carbons (Fsp3) is 0.130. The van der Waals surface area contributed by atoms with Crippen molar-refractivity contribution in [2.45, 2.75) is 19.0 Å². The Bertz CT molecular complexity index is 1070. The highest BCUT2D eigenvalue weighted by atomic mass is 19.1. The number of benzene rings is 3. The van der Waals surface area contributed by atoms with Crippen LogP contribution in [-0.4, -0.2) is 22.8 Å². The van der Waals surface area contributed by atoms with Gasteiger partial charge in [0.1, 0.15) is 17.7 Å². The smallest absolute Gasteiger partial charge is 0.255 e. The molecule has 6 heteroatoms. The minimum atomic E-state index is -0.875. The molecule has 1 aliphatic heterocycles. The van der Waals surface area contributed by atoms with Crippen molar-refractivity contribution in [3.8, 4) is 0 Å². The molecule has 2 amide bonds. The van der Waals surface area contributed by atoms with Crippen LogP contribution in [0.5, 0.6) is 0 Å². The van der Waals surface area contributed by atoms with Crippen LogP contribution in [0.1, 0.15) is 21.5 Å². The molecule has 1 N–H and O–H groups in total. The fourth-order valence-electron chi connectivity index (χ4n) is 3.52. The zero-order valence-electron chi connectivity index (χ0n) is 15.4. The molecule has 0 aromatic heterocycles. The summed E-state index contributed by atoms with van der Waals surface area (Å²) in [5, 5.41) is 2.45. The highest BCUT2D eigenvalue weighted by Crippen LogP contribution is 2.27. The van der Waals surface area contributed by atoms with E-state index in [-0.39, 0.29) is 24.6 Å². The predicted molar refractivity (Wildman–Crippen MR) is 105 cm³/mol. The number of hydrogen-bond acceptors (Lipinski definition) is 2. The number of hydrogen-bond donors (Lipinski definition) is 1. The first-order valence-electron chi connectivity index (χ1n) is 9.21. The van der Waals surface area contributed by atoms with Gasteiger partial charge in [0.25, 0.3) is 5.91 Å². The summed E-state index contributed by atoms with van der Waals surface area (Å²) in [6.07, 6.45) is 0.253. The number of nitrogens with one attached hydrogen (secondary N) is 1. The molecule has 0 fully saturated rings. The van der Waals surface area contributed by atoms with Crippen molar-refractivity contribution in [1.82, 2.24) is 4.90 Å². The molecule has 0 spiro atoms. The third kappa shape index (κ3) is 3.87. The van der Waals surface area contributed by atoms with E-state index < -0.39 is 23.6 Å². The van der Waals surface area contributed by atoms with Crippen molar-refractivity contribution < 1.29 is 18.4 Å². The summed E-state index contributed by atoms with van der Waals surface area (Å²) in [5.74, 6) is -2.23. The van der Waals surface area contributed by atoms with E-state index in [9.17, 15) is 18.4 Å². The van der Waals surface area contributed by atoms with Gasteiger partial charge in [-0.3, -0.25) is 9.59 Å². The predicted octanol–water partition coefficient (Wildman–Crippen LogP) is 4.17. The average molecular weight is 392 g/mol. The van der Waals surface area contributed by atoms with Gasteiger partial charge in [0.15, 0.2) is 0 Å². The molecule has 0 saturated heterocycles. The third-order valence-corrected chi connectivity index (χ3v) is 4.99. The zero-order chi connectivity index (χ0) is 20.4. The second-order valence-corrected chi connectivity index (χ2v) is 6.91. The van der Waals surface area contributed by atoms with Gasteiger partial charge >= 0.3 is 0 Å². The minimum Gasteiger partial charge on any atom is -0.322 e. The molecule has 0 saturated carbocycles. The quantitative estimate of drug-likeness (QED) is 0.709. The van der Waals surface area contributed by atoms with Gasteiger partial charge in [-0.15, -0.1) is 0 Å². The van der Waals surface area contributed by atoms with Gasteiger partial charge in [-0.25, -0.2) is 8.78 Å². The SMILES string of the molecule is O=C(Nc1cc(F)ccc1F)[C@@H](Cc1ccccc1)N1Cc2ccccc2C1=O. The summed E-state index contributed by atoms with van der Waals surface area (Å²) in [6, 6.07) is 18.4. The Morgan fingerprint density at radius 3 is 2.48 bits per heavy atom. The van der Waals surface area contributed by atoms with Crippen molar-refractivity contribution in [3.05, 3.63) is 101 Å². The Morgan fingerprint density at radius 1 is 1.00 bits per heavy atom. The molecule has 1 heterocycles. The third-order valence-electron chi connectivity index (χ3n) is 4.99. The van der Waals surface area contributed by atoms with Crippen molar-refractivity contribution in [3.63, 3.8) is 0 Å². The first-order valence-corrected chi connectivity index (χ1v) is 9.21. The van der Waals surface area contributed by atoms with Gasteiger partial charge in [0.05, 0.1) is 5.69 Å². The van der Waals surface area contributed by atoms with Crippen molar-refractivity contribution in [1.29, 1.82) is 0 Å². The molecule has 0 unspecified atom stereocenters. The van der Waals surface area contributed by atoms with Gasteiger partial charge in [-0.05, 0) is 29.3 Å². The van der Waals surface area contributed by atoms with Crippen LogP contribution in [0.2, 0.25) is 0 Å². The van der Waals surface area contributed by atoms with Crippen molar-refractivity contribution >= 4 is 17.5 Å². The second kappa shape index (κ2) is 7.83. The molecule has 4 rings (SSSR count). The molecule has 4 nitrogen and oxygen atoms in total. The summed E-state index contributed by atoms with van der Waals surface area (Å²) in [6.45, 7) is 0.283. The molecule has 0 radical (unpaired) electrons. The van der Waals surface area contributed by atoms with Crippen LogP contribution in [0.25, 0.3) is 0 Å². The lowest BCUT2D eigenvalue weighted by Crippen LogP contribution is -2.45. The van der Waals surface area contributed by atoms with Crippen LogP contribution in [0.4, 0.5) is 14.5 Å². The van der Waals surface area contributed by atoms with Gasteiger partial charge < -0.3 is 10.2 Å². The maximum atomic E-state index is 14.0. The largest absolute Gasteiger partial charge is 0.322 e. The summed E-state index contributed by atoms with van der Waals surface area (Å²) in [4.78, 5) is 27.5. The van der Waals surface area contributed by atoms with E-state index in [0.29, 0.717) is 5.56 Å². The first kappa shape index (κ1) is 18.8. The second-order valence-electron chi connectivity index (χ2n) is 6.91. The standard InChI is InChI=1S/C23H18F2N2O2/c24-17-10-11-19(25)20(13-17)26-22(28)21(12-15-6-2-1-3-7-15)27-14-16-8-4-5-9-18(16)23(27)29/h1-11,13,21H,12,14H2,(H,26,28)/t21-/m1/s1. The number of fused-ring (bicyclic) bond motifs is 1. The van der Waals surface area contributed by atoms with Gasteiger partial charge in [-0.2, -0.15) is 0 Å². The lowest BCUT2D eigenvalue weighted by Gasteiger charge is -2.27. The maximum absolute atomic E-state index is 14.0. The first-order chi connectivity index (χ1) is 14.0. The molecule has 1 atom stereocenters. The van der Waals surface area contributed by atoms with Crippen LogP contribution in [0.15, 0.2) is 72.8 Å². The summed E-state index contributed by atoms with van der Waals surface area (Å²) >= 11 is 0. The number of carbonyl (C=O) groups excluding carboxylic acids is 2. The number of anilines is 1.